The number of nitrogens with zero attached hydrogens (tertiary/aromatic N) is 1. The fourth-order valence-corrected chi connectivity index (χ4v) is 3.01. The molecule has 0 aliphatic carbocycles. The lowest BCUT2D eigenvalue weighted by Gasteiger charge is -2.31. The molecule has 23 heavy (non-hydrogen) atoms. The molecule has 0 saturated carbocycles. The Morgan fingerprint density at radius 2 is 2.13 bits per heavy atom. The van der Waals surface area contributed by atoms with Crippen molar-refractivity contribution >= 4 is 18.2 Å². The second-order valence-electron chi connectivity index (χ2n) is 5.80. The number of rotatable bonds is 4. The highest BCUT2D eigenvalue weighted by molar-refractivity contribution is 7.80. The van der Waals surface area contributed by atoms with Gasteiger partial charge in [0.25, 0.3) is 0 Å². The van der Waals surface area contributed by atoms with Gasteiger partial charge in [0.2, 0.25) is 0 Å². The number of phenols is 1. The van der Waals surface area contributed by atoms with Crippen LogP contribution in [0.2, 0.25) is 0 Å². The Balaban J connectivity index is 0.000000253. The van der Waals surface area contributed by atoms with Crippen LogP contribution in [0.1, 0.15) is 38.2 Å². The Hall–Kier alpha value is -1.45. The molecule has 0 bridgehead atoms. The lowest BCUT2D eigenvalue weighted by molar-refractivity contribution is 0.181. The van der Waals surface area contributed by atoms with Gasteiger partial charge in [-0.1, -0.05) is 44.7 Å². The average Bonchev–Trinajstić information content (AvgIpc) is 2.56. The van der Waals surface area contributed by atoms with Crippen LogP contribution in [0, 0.1) is 0 Å². The van der Waals surface area contributed by atoms with Gasteiger partial charge in [-0.05, 0) is 56.6 Å². The van der Waals surface area contributed by atoms with E-state index in [1.54, 1.807) is 36.4 Å². The van der Waals surface area contributed by atoms with E-state index < -0.39 is 0 Å². The molecule has 0 amide bonds. The summed E-state index contributed by atoms with van der Waals surface area (Å²) in [5, 5.41) is 9.61. The summed E-state index contributed by atoms with van der Waals surface area (Å²) in [4.78, 5) is 3.29. The van der Waals surface area contributed by atoms with Gasteiger partial charge < -0.3 is 10.0 Å². The van der Waals surface area contributed by atoms with Crippen LogP contribution in [0.25, 0.3) is 5.57 Å². The van der Waals surface area contributed by atoms with Crippen molar-refractivity contribution in [1.82, 2.24) is 4.90 Å². The predicted molar refractivity (Wildman–Crippen MR) is 104 cm³/mol. The van der Waals surface area contributed by atoms with E-state index in [1.807, 2.05) is 0 Å². The van der Waals surface area contributed by atoms with Gasteiger partial charge in [-0.2, -0.15) is 0 Å². The molecule has 2 nitrogen and oxygen atoms in total. The van der Waals surface area contributed by atoms with Gasteiger partial charge in [-0.25, -0.2) is 0 Å². The number of piperidine rings is 1. The van der Waals surface area contributed by atoms with Crippen molar-refractivity contribution in [1.29, 1.82) is 0 Å². The highest BCUT2D eigenvalue weighted by Crippen LogP contribution is 2.28. The summed E-state index contributed by atoms with van der Waals surface area (Å²) in [6.45, 7) is 10.9. The highest BCUT2D eigenvalue weighted by Gasteiger charge is 2.15. The first-order valence-electron chi connectivity index (χ1n) is 8.21. The molecular weight excluding hydrogens is 302 g/mol. The van der Waals surface area contributed by atoms with Crippen molar-refractivity contribution < 1.29 is 5.11 Å². The number of benzene rings is 1. The van der Waals surface area contributed by atoms with E-state index in [9.17, 15) is 5.11 Å². The summed E-state index contributed by atoms with van der Waals surface area (Å²) in [6, 6.07) is 6.02. The minimum atomic E-state index is 0.218. The maximum absolute atomic E-state index is 9.61. The summed E-state index contributed by atoms with van der Waals surface area (Å²) in [7, 11) is 2.24. The Morgan fingerprint density at radius 3 is 2.65 bits per heavy atom. The quantitative estimate of drug-likeness (QED) is 0.576. The molecule has 1 heterocycles. The van der Waals surface area contributed by atoms with Gasteiger partial charge in [0.05, 0.1) is 0 Å². The first-order chi connectivity index (χ1) is 11.0. The molecule has 3 heteroatoms. The second-order valence-corrected chi connectivity index (χ2v) is 6.32. The topological polar surface area (TPSA) is 23.5 Å². The van der Waals surface area contributed by atoms with E-state index in [-0.39, 0.29) is 5.75 Å². The third-order valence-electron chi connectivity index (χ3n) is 4.20. The Bertz CT molecular complexity index is 551. The van der Waals surface area contributed by atoms with Crippen molar-refractivity contribution in [2.24, 2.45) is 0 Å². The largest absolute Gasteiger partial charge is 0.507 e. The van der Waals surface area contributed by atoms with Crippen LogP contribution in [-0.2, 0) is 0 Å². The zero-order valence-electron chi connectivity index (χ0n) is 14.3. The zero-order chi connectivity index (χ0) is 17.2. The fourth-order valence-electron chi connectivity index (χ4n) is 2.81. The normalized spacial score (nSPS) is 18.7. The number of likely N-dealkylation sites (tertiary alicyclic amines) is 1. The van der Waals surface area contributed by atoms with E-state index in [2.05, 4.69) is 44.7 Å². The standard InChI is InChI=1S/C12H12OS.C8H17N/c1-3-5-9(4-2)11-8-10(14)6-7-12(11)13;1-3-8-6-4-5-7-9(8)2/h3-8,13-14H,1-2H2;8H,3-7H2,1-2H3/b9-5+;. The SMILES string of the molecule is C=C/C=C(\C=C)c1cc(S)ccc1O.CCC1CCCCN1C. The third kappa shape index (κ3) is 6.28. The molecule has 0 aromatic heterocycles. The van der Waals surface area contributed by atoms with Crippen LogP contribution in [0.3, 0.4) is 0 Å². The van der Waals surface area contributed by atoms with Crippen molar-refractivity contribution in [2.45, 2.75) is 43.5 Å². The summed E-state index contributed by atoms with van der Waals surface area (Å²) in [6.07, 6.45) is 10.7. The van der Waals surface area contributed by atoms with Crippen molar-refractivity contribution in [2.75, 3.05) is 13.6 Å². The second kappa shape index (κ2) is 10.3. The van der Waals surface area contributed by atoms with Crippen molar-refractivity contribution in [3.63, 3.8) is 0 Å². The van der Waals surface area contributed by atoms with Gasteiger partial charge in [-0.15, -0.1) is 12.6 Å². The molecule has 0 radical (unpaired) electrons. The fraction of sp³-hybridized carbons (Fsp3) is 0.400. The maximum Gasteiger partial charge on any atom is 0.123 e. The van der Waals surface area contributed by atoms with Gasteiger partial charge in [0.15, 0.2) is 0 Å². The number of hydrogen-bond donors (Lipinski definition) is 2. The molecule has 1 aromatic carbocycles. The molecule has 1 saturated heterocycles. The van der Waals surface area contributed by atoms with Crippen LogP contribution < -0.4 is 0 Å². The lowest BCUT2D eigenvalue weighted by atomic mass is 10.0. The van der Waals surface area contributed by atoms with E-state index in [0.29, 0.717) is 5.56 Å². The molecule has 1 aliphatic heterocycles. The lowest BCUT2D eigenvalue weighted by Crippen LogP contribution is -2.35. The van der Waals surface area contributed by atoms with E-state index >= 15 is 0 Å². The minimum absolute atomic E-state index is 0.218. The van der Waals surface area contributed by atoms with Gasteiger partial charge in [-0.3, -0.25) is 0 Å². The molecule has 1 N–H and O–H groups in total. The summed E-state index contributed by atoms with van der Waals surface area (Å²) in [5.41, 5.74) is 1.54. The Labute approximate surface area is 146 Å². The molecule has 2 rings (SSSR count). The Morgan fingerprint density at radius 1 is 1.39 bits per heavy atom. The molecule has 126 valence electrons. The van der Waals surface area contributed by atoms with Crippen LogP contribution in [0.15, 0.2) is 54.5 Å². The van der Waals surface area contributed by atoms with Gasteiger partial charge in [0.1, 0.15) is 5.75 Å². The number of hydrogen-bond acceptors (Lipinski definition) is 3. The number of phenolic OH excluding ortho intramolecular Hbond substituents is 1. The van der Waals surface area contributed by atoms with Crippen molar-refractivity contribution in [3.8, 4) is 5.75 Å². The zero-order valence-corrected chi connectivity index (χ0v) is 15.2. The van der Waals surface area contributed by atoms with E-state index in [0.717, 1.165) is 16.5 Å². The molecule has 1 unspecified atom stereocenters. The molecule has 1 atom stereocenters. The van der Waals surface area contributed by atoms with Crippen LogP contribution in [0.4, 0.5) is 0 Å². The van der Waals surface area contributed by atoms with Crippen LogP contribution in [-0.4, -0.2) is 29.6 Å². The van der Waals surface area contributed by atoms with Crippen molar-refractivity contribution in [3.05, 3.63) is 55.1 Å². The molecule has 1 fully saturated rings. The number of aromatic hydroxyl groups is 1. The third-order valence-corrected chi connectivity index (χ3v) is 4.48. The first kappa shape index (κ1) is 19.6. The summed E-state index contributed by atoms with van der Waals surface area (Å²) >= 11 is 4.20. The van der Waals surface area contributed by atoms with Gasteiger partial charge >= 0.3 is 0 Å². The Kier molecular flexibility index (Phi) is 8.82. The molecule has 1 aliphatic rings. The number of allylic oxidation sites excluding steroid dienone is 4. The van der Waals surface area contributed by atoms with E-state index in [4.69, 9.17) is 0 Å². The predicted octanol–water partition coefficient (Wildman–Crippen LogP) is 5.32. The van der Waals surface area contributed by atoms with Crippen LogP contribution in [0.5, 0.6) is 5.75 Å². The van der Waals surface area contributed by atoms with E-state index in [1.165, 1.54) is 32.2 Å². The molecule has 0 spiro atoms. The highest BCUT2D eigenvalue weighted by atomic mass is 32.1. The van der Waals surface area contributed by atoms with Gasteiger partial charge in [0, 0.05) is 16.5 Å². The maximum atomic E-state index is 9.61. The smallest absolute Gasteiger partial charge is 0.123 e. The minimum Gasteiger partial charge on any atom is -0.507 e. The molecule has 1 aromatic rings. The number of thiol groups is 1. The first-order valence-corrected chi connectivity index (χ1v) is 8.65. The molecular formula is C20H29NOS. The average molecular weight is 332 g/mol. The summed E-state index contributed by atoms with van der Waals surface area (Å²) < 4.78 is 0. The summed E-state index contributed by atoms with van der Waals surface area (Å²) in [5.74, 6) is 0.218. The monoisotopic (exact) mass is 331 g/mol. The van der Waals surface area contributed by atoms with Crippen LogP contribution >= 0.6 is 12.6 Å².